The molecule has 1 fully saturated rings. The van der Waals surface area contributed by atoms with E-state index in [0.29, 0.717) is 18.6 Å². The van der Waals surface area contributed by atoms with Crippen molar-refractivity contribution in [2.45, 2.75) is 51.3 Å². The third-order valence-electron chi connectivity index (χ3n) is 2.71. The normalized spacial score (nSPS) is 28.5. The summed E-state index contributed by atoms with van der Waals surface area (Å²) in [7, 11) is 1.42. The molecule has 1 aliphatic heterocycles. The molecule has 1 saturated heterocycles. The van der Waals surface area contributed by atoms with E-state index in [4.69, 9.17) is 4.74 Å². The first-order valence-electron chi connectivity index (χ1n) is 5.56. The monoisotopic (exact) mass is 215 g/mol. The van der Waals surface area contributed by atoms with Crippen molar-refractivity contribution in [3.63, 3.8) is 0 Å². The standard InChI is InChI=1S/C11H21NO3/c1-8(6-11(13)14-3)12-10-4-5-15-9(2)7-10/h8-10,12H,4-7H2,1-3H3. The lowest BCUT2D eigenvalue weighted by atomic mass is 10.0. The van der Waals surface area contributed by atoms with Crippen molar-refractivity contribution >= 4 is 5.97 Å². The van der Waals surface area contributed by atoms with E-state index in [0.717, 1.165) is 19.4 Å². The molecule has 4 nitrogen and oxygen atoms in total. The van der Waals surface area contributed by atoms with Crippen molar-refractivity contribution in [2.75, 3.05) is 13.7 Å². The second kappa shape index (κ2) is 6.08. The lowest BCUT2D eigenvalue weighted by molar-refractivity contribution is -0.141. The summed E-state index contributed by atoms with van der Waals surface area (Å²) >= 11 is 0. The number of carbonyl (C=O) groups is 1. The van der Waals surface area contributed by atoms with Gasteiger partial charge in [0.05, 0.1) is 19.6 Å². The van der Waals surface area contributed by atoms with Gasteiger partial charge in [-0.2, -0.15) is 0 Å². The highest BCUT2D eigenvalue weighted by Gasteiger charge is 2.21. The van der Waals surface area contributed by atoms with Gasteiger partial charge in [-0.25, -0.2) is 0 Å². The number of hydrogen-bond donors (Lipinski definition) is 1. The molecule has 0 saturated carbocycles. The minimum Gasteiger partial charge on any atom is -0.469 e. The molecule has 15 heavy (non-hydrogen) atoms. The molecule has 0 radical (unpaired) electrons. The Morgan fingerprint density at radius 2 is 2.40 bits per heavy atom. The van der Waals surface area contributed by atoms with Crippen LogP contribution in [-0.2, 0) is 14.3 Å². The van der Waals surface area contributed by atoms with E-state index in [1.807, 2.05) is 6.92 Å². The maximum absolute atomic E-state index is 11.0. The lowest BCUT2D eigenvalue weighted by Crippen LogP contribution is -2.43. The van der Waals surface area contributed by atoms with Gasteiger partial charge >= 0.3 is 5.97 Å². The van der Waals surface area contributed by atoms with Gasteiger partial charge in [0, 0.05) is 18.7 Å². The quantitative estimate of drug-likeness (QED) is 0.713. The zero-order valence-electron chi connectivity index (χ0n) is 9.79. The third kappa shape index (κ3) is 4.62. The number of rotatable bonds is 4. The van der Waals surface area contributed by atoms with Crippen LogP contribution in [0.15, 0.2) is 0 Å². The van der Waals surface area contributed by atoms with Crippen molar-refractivity contribution in [1.29, 1.82) is 0 Å². The molecule has 0 aromatic rings. The smallest absolute Gasteiger partial charge is 0.307 e. The Balaban J connectivity index is 2.24. The largest absolute Gasteiger partial charge is 0.469 e. The lowest BCUT2D eigenvalue weighted by Gasteiger charge is -2.30. The van der Waals surface area contributed by atoms with Crippen LogP contribution < -0.4 is 5.32 Å². The number of nitrogens with one attached hydrogen (secondary N) is 1. The van der Waals surface area contributed by atoms with E-state index in [2.05, 4.69) is 17.0 Å². The highest BCUT2D eigenvalue weighted by Crippen LogP contribution is 2.14. The van der Waals surface area contributed by atoms with Crippen LogP contribution in [0, 0.1) is 0 Å². The summed E-state index contributed by atoms with van der Waals surface area (Å²) in [6, 6.07) is 0.640. The summed E-state index contributed by atoms with van der Waals surface area (Å²) in [5.74, 6) is -0.157. The van der Waals surface area contributed by atoms with E-state index in [1.165, 1.54) is 7.11 Å². The highest BCUT2D eigenvalue weighted by atomic mass is 16.5. The fourth-order valence-electron chi connectivity index (χ4n) is 1.94. The van der Waals surface area contributed by atoms with Crippen LogP contribution >= 0.6 is 0 Å². The molecule has 1 aliphatic rings. The minimum absolute atomic E-state index is 0.157. The Morgan fingerprint density at radius 1 is 1.67 bits per heavy atom. The Hall–Kier alpha value is -0.610. The van der Waals surface area contributed by atoms with Crippen LogP contribution in [0.3, 0.4) is 0 Å². The molecule has 3 unspecified atom stereocenters. The average Bonchev–Trinajstić information content (AvgIpc) is 2.17. The number of esters is 1. The molecule has 0 aromatic heterocycles. The van der Waals surface area contributed by atoms with Gasteiger partial charge in [-0.15, -0.1) is 0 Å². The maximum atomic E-state index is 11.0. The van der Waals surface area contributed by atoms with E-state index in [-0.39, 0.29) is 12.0 Å². The predicted octanol–water partition coefficient (Wildman–Crippen LogP) is 1.10. The van der Waals surface area contributed by atoms with Crippen LogP contribution in [0.25, 0.3) is 0 Å². The van der Waals surface area contributed by atoms with Crippen molar-refractivity contribution in [3.8, 4) is 0 Å². The van der Waals surface area contributed by atoms with Gasteiger partial charge in [0.1, 0.15) is 0 Å². The summed E-state index contributed by atoms with van der Waals surface area (Å²) < 4.78 is 10.1. The molecule has 0 aliphatic carbocycles. The highest BCUT2D eigenvalue weighted by molar-refractivity contribution is 5.69. The van der Waals surface area contributed by atoms with Gasteiger partial charge in [0.15, 0.2) is 0 Å². The van der Waals surface area contributed by atoms with Crippen molar-refractivity contribution in [2.24, 2.45) is 0 Å². The van der Waals surface area contributed by atoms with Gasteiger partial charge in [0.25, 0.3) is 0 Å². The topological polar surface area (TPSA) is 47.6 Å². The first-order valence-corrected chi connectivity index (χ1v) is 5.56. The second-order valence-corrected chi connectivity index (χ2v) is 4.25. The molecular formula is C11H21NO3. The third-order valence-corrected chi connectivity index (χ3v) is 2.71. The first kappa shape index (κ1) is 12.5. The fraction of sp³-hybridized carbons (Fsp3) is 0.909. The Bertz CT molecular complexity index is 208. The number of hydrogen-bond acceptors (Lipinski definition) is 4. The van der Waals surface area contributed by atoms with E-state index >= 15 is 0 Å². The van der Waals surface area contributed by atoms with Crippen molar-refractivity contribution in [1.82, 2.24) is 5.32 Å². The fourth-order valence-corrected chi connectivity index (χ4v) is 1.94. The predicted molar refractivity (Wildman–Crippen MR) is 57.7 cm³/mol. The molecular weight excluding hydrogens is 194 g/mol. The Kier molecular flexibility index (Phi) is 5.05. The van der Waals surface area contributed by atoms with Crippen molar-refractivity contribution in [3.05, 3.63) is 0 Å². The van der Waals surface area contributed by atoms with Gasteiger partial charge in [-0.05, 0) is 26.7 Å². The van der Waals surface area contributed by atoms with Crippen molar-refractivity contribution < 1.29 is 14.3 Å². The van der Waals surface area contributed by atoms with Gasteiger partial charge in [-0.3, -0.25) is 4.79 Å². The summed E-state index contributed by atoms with van der Waals surface area (Å²) in [6.07, 6.45) is 2.80. The van der Waals surface area contributed by atoms with Gasteiger partial charge in [0.2, 0.25) is 0 Å². The van der Waals surface area contributed by atoms with E-state index in [9.17, 15) is 4.79 Å². The number of methoxy groups -OCH3 is 1. The van der Waals surface area contributed by atoms with Crippen LogP contribution in [0.1, 0.15) is 33.1 Å². The number of ether oxygens (including phenoxy) is 2. The molecule has 1 N–H and O–H groups in total. The number of carbonyl (C=O) groups excluding carboxylic acids is 1. The first-order chi connectivity index (χ1) is 7.11. The molecule has 0 aromatic carbocycles. The summed E-state index contributed by atoms with van der Waals surface area (Å²) in [6.45, 7) is 4.90. The second-order valence-electron chi connectivity index (χ2n) is 4.25. The molecule has 0 amide bonds. The molecule has 1 heterocycles. The molecule has 4 heteroatoms. The molecule has 3 atom stereocenters. The van der Waals surface area contributed by atoms with Gasteiger partial charge in [-0.1, -0.05) is 0 Å². The Labute approximate surface area is 91.3 Å². The summed E-state index contributed by atoms with van der Waals surface area (Å²) in [4.78, 5) is 11.0. The minimum atomic E-state index is -0.157. The maximum Gasteiger partial charge on any atom is 0.307 e. The molecule has 0 spiro atoms. The molecule has 0 bridgehead atoms. The average molecular weight is 215 g/mol. The summed E-state index contributed by atoms with van der Waals surface area (Å²) in [5, 5.41) is 3.43. The van der Waals surface area contributed by atoms with Crippen LogP contribution in [0.4, 0.5) is 0 Å². The van der Waals surface area contributed by atoms with Crippen LogP contribution in [0.2, 0.25) is 0 Å². The zero-order chi connectivity index (χ0) is 11.3. The Morgan fingerprint density at radius 3 is 3.00 bits per heavy atom. The SMILES string of the molecule is COC(=O)CC(C)NC1CCOC(C)C1. The van der Waals surface area contributed by atoms with Crippen LogP contribution in [0.5, 0.6) is 0 Å². The van der Waals surface area contributed by atoms with Gasteiger partial charge < -0.3 is 14.8 Å². The van der Waals surface area contributed by atoms with Crippen LogP contribution in [-0.4, -0.2) is 37.9 Å². The summed E-state index contributed by atoms with van der Waals surface area (Å²) in [5.41, 5.74) is 0. The van der Waals surface area contributed by atoms with E-state index in [1.54, 1.807) is 0 Å². The molecule has 1 rings (SSSR count). The zero-order valence-corrected chi connectivity index (χ0v) is 9.79. The molecule has 88 valence electrons. The van der Waals surface area contributed by atoms with E-state index < -0.39 is 0 Å².